The van der Waals surface area contributed by atoms with Crippen molar-refractivity contribution < 1.29 is 4.74 Å². The molecule has 1 aromatic rings. The third-order valence-electron chi connectivity index (χ3n) is 2.67. The van der Waals surface area contributed by atoms with E-state index >= 15 is 0 Å². The molecule has 18 heavy (non-hydrogen) atoms. The molecule has 5 heteroatoms. The number of ether oxygens (including phenoxy) is 1. The van der Waals surface area contributed by atoms with Crippen molar-refractivity contribution in [3.63, 3.8) is 0 Å². The zero-order valence-corrected chi connectivity index (χ0v) is 10.9. The molecule has 0 spiro atoms. The Balaban J connectivity index is 2.38. The number of anilines is 2. The van der Waals surface area contributed by atoms with Crippen LogP contribution in [0.5, 0.6) is 0 Å². The second kappa shape index (κ2) is 7.54. The van der Waals surface area contributed by atoms with Gasteiger partial charge in [-0.15, -0.1) is 0 Å². The maximum atomic E-state index is 8.74. The van der Waals surface area contributed by atoms with Crippen molar-refractivity contribution in [2.45, 2.75) is 0 Å². The summed E-state index contributed by atoms with van der Waals surface area (Å²) in [6, 6.07) is 7.33. The van der Waals surface area contributed by atoms with Crippen LogP contribution in [-0.4, -0.2) is 45.3 Å². The summed E-state index contributed by atoms with van der Waals surface area (Å²) in [5, 5.41) is 12.0. The summed E-state index contributed by atoms with van der Waals surface area (Å²) in [6.07, 6.45) is 0. The minimum Gasteiger partial charge on any atom is -0.397 e. The highest BCUT2D eigenvalue weighted by Crippen LogP contribution is 2.18. The van der Waals surface area contributed by atoms with Crippen molar-refractivity contribution in [2.24, 2.45) is 0 Å². The number of nitrogens with one attached hydrogen (secondary N) is 1. The maximum absolute atomic E-state index is 8.74. The monoisotopic (exact) mass is 248 g/mol. The number of rotatable bonds is 7. The van der Waals surface area contributed by atoms with Crippen LogP contribution in [-0.2, 0) is 4.74 Å². The first kappa shape index (κ1) is 14.3. The molecule has 0 bridgehead atoms. The summed E-state index contributed by atoms with van der Waals surface area (Å²) in [7, 11) is 3.74. The first-order valence-electron chi connectivity index (χ1n) is 5.88. The van der Waals surface area contributed by atoms with Crippen molar-refractivity contribution in [3.05, 3.63) is 23.8 Å². The summed E-state index contributed by atoms with van der Waals surface area (Å²) < 4.78 is 5.01. The highest BCUT2D eigenvalue weighted by Gasteiger charge is 2.01. The smallest absolute Gasteiger partial charge is 0.0992 e. The number of nitrogen functional groups attached to an aromatic ring is 1. The average Bonchev–Trinajstić information content (AvgIpc) is 2.38. The molecule has 5 nitrogen and oxygen atoms in total. The van der Waals surface area contributed by atoms with Gasteiger partial charge in [-0.2, -0.15) is 5.26 Å². The van der Waals surface area contributed by atoms with Gasteiger partial charge >= 0.3 is 0 Å². The SMILES string of the molecule is COCCN(C)CCNc1ccc(C#N)cc1N. The molecule has 0 unspecified atom stereocenters. The van der Waals surface area contributed by atoms with E-state index < -0.39 is 0 Å². The molecule has 98 valence electrons. The van der Waals surface area contributed by atoms with Crippen LogP contribution in [0.25, 0.3) is 0 Å². The molecule has 0 aliphatic carbocycles. The predicted octanol–water partition coefficient (Wildman–Crippen LogP) is 1.13. The highest BCUT2D eigenvalue weighted by atomic mass is 16.5. The Morgan fingerprint density at radius 2 is 2.22 bits per heavy atom. The van der Waals surface area contributed by atoms with Gasteiger partial charge in [-0.05, 0) is 25.2 Å². The minimum atomic E-state index is 0.579. The van der Waals surface area contributed by atoms with Crippen LogP contribution in [0, 0.1) is 11.3 Å². The van der Waals surface area contributed by atoms with Crippen LogP contribution in [0.3, 0.4) is 0 Å². The van der Waals surface area contributed by atoms with Gasteiger partial charge < -0.3 is 20.7 Å². The van der Waals surface area contributed by atoms with Gasteiger partial charge in [-0.1, -0.05) is 0 Å². The topological polar surface area (TPSA) is 74.3 Å². The van der Waals surface area contributed by atoms with Crippen molar-refractivity contribution >= 4 is 11.4 Å². The molecular formula is C13H20N4O. The predicted molar refractivity (Wildman–Crippen MR) is 73.4 cm³/mol. The molecule has 0 fully saturated rings. The molecule has 3 N–H and O–H groups in total. The number of hydrogen-bond acceptors (Lipinski definition) is 5. The van der Waals surface area contributed by atoms with Crippen LogP contribution in [0.1, 0.15) is 5.56 Å². The van der Waals surface area contributed by atoms with Gasteiger partial charge in [0.1, 0.15) is 0 Å². The summed E-state index contributed by atoms with van der Waals surface area (Å²) in [6.45, 7) is 3.34. The largest absolute Gasteiger partial charge is 0.397 e. The zero-order valence-electron chi connectivity index (χ0n) is 10.9. The van der Waals surface area contributed by atoms with E-state index in [1.807, 2.05) is 13.1 Å². The van der Waals surface area contributed by atoms with Gasteiger partial charge in [0, 0.05) is 26.7 Å². The van der Waals surface area contributed by atoms with Gasteiger partial charge in [0.05, 0.1) is 29.6 Å². The van der Waals surface area contributed by atoms with Crippen molar-refractivity contribution in [3.8, 4) is 6.07 Å². The van der Waals surface area contributed by atoms with E-state index in [0.717, 1.165) is 31.9 Å². The van der Waals surface area contributed by atoms with Crippen LogP contribution >= 0.6 is 0 Å². The Bertz CT molecular complexity index is 414. The number of nitrogens with two attached hydrogens (primary N) is 1. The lowest BCUT2D eigenvalue weighted by molar-refractivity contribution is 0.163. The standard InChI is InChI=1S/C13H20N4O/c1-17(7-8-18-2)6-5-16-13-4-3-11(10-14)9-12(13)15/h3-4,9,16H,5-8,15H2,1-2H3. The quantitative estimate of drug-likeness (QED) is 0.708. The summed E-state index contributed by atoms with van der Waals surface area (Å²) in [4.78, 5) is 2.18. The fourth-order valence-electron chi connectivity index (χ4n) is 1.53. The van der Waals surface area contributed by atoms with Crippen molar-refractivity contribution in [2.75, 3.05) is 51.4 Å². The number of benzene rings is 1. The maximum Gasteiger partial charge on any atom is 0.0992 e. The molecule has 0 radical (unpaired) electrons. The Morgan fingerprint density at radius 1 is 1.44 bits per heavy atom. The Morgan fingerprint density at radius 3 is 2.83 bits per heavy atom. The lowest BCUT2D eigenvalue weighted by atomic mass is 10.2. The molecule has 0 heterocycles. The van der Waals surface area contributed by atoms with E-state index in [-0.39, 0.29) is 0 Å². The Labute approximate surface area is 108 Å². The Hall–Kier alpha value is -1.77. The van der Waals surface area contributed by atoms with Crippen molar-refractivity contribution in [1.29, 1.82) is 5.26 Å². The number of hydrogen-bond donors (Lipinski definition) is 2. The van der Waals surface area contributed by atoms with Crippen molar-refractivity contribution in [1.82, 2.24) is 4.90 Å². The molecule has 0 amide bonds. The van der Waals surface area contributed by atoms with Crippen LogP contribution < -0.4 is 11.1 Å². The van der Waals surface area contributed by atoms with E-state index in [1.54, 1.807) is 19.2 Å². The first-order chi connectivity index (χ1) is 8.67. The number of nitriles is 1. The fraction of sp³-hybridized carbons (Fsp3) is 0.462. The van der Waals surface area contributed by atoms with E-state index in [0.29, 0.717) is 11.3 Å². The number of methoxy groups -OCH3 is 1. The van der Waals surface area contributed by atoms with Gasteiger partial charge in [0.15, 0.2) is 0 Å². The first-order valence-corrected chi connectivity index (χ1v) is 5.88. The summed E-state index contributed by atoms with van der Waals surface area (Å²) in [5.74, 6) is 0. The van der Waals surface area contributed by atoms with Gasteiger partial charge in [-0.25, -0.2) is 0 Å². The third kappa shape index (κ3) is 4.62. The van der Waals surface area contributed by atoms with Crippen LogP contribution in [0.15, 0.2) is 18.2 Å². The number of nitrogens with zero attached hydrogens (tertiary/aromatic N) is 2. The van der Waals surface area contributed by atoms with E-state index in [2.05, 4.69) is 16.3 Å². The molecular weight excluding hydrogens is 228 g/mol. The Kier molecular flexibility index (Phi) is 5.98. The lowest BCUT2D eigenvalue weighted by Crippen LogP contribution is -2.28. The molecule has 1 rings (SSSR count). The van der Waals surface area contributed by atoms with E-state index in [1.165, 1.54) is 0 Å². The number of likely N-dealkylation sites (N-methyl/N-ethyl adjacent to an activating group) is 1. The second-order valence-corrected chi connectivity index (χ2v) is 4.14. The molecule has 0 aromatic heterocycles. The molecule has 0 aliphatic heterocycles. The van der Waals surface area contributed by atoms with Gasteiger partial charge in [-0.3, -0.25) is 0 Å². The van der Waals surface area contributed by atoms with Gasteiger partial charge in [0.2, 0.25) is 0 Å². The zero-order chi connectivity index (χ0) is 13.4. The molecule has 0 aliphatic rings. The lowest BCUT2D eigenvalue weighted by Gasteiger charge is -2.17. The normalized spacial score (nSPS) is 10.3. The van der Waals surface area contributed by atoms with E-state index in [4.69, 9.17) is 15.7 Å². The second-order valence-electron chi connectivity index (χ2n) is 4.14. The molecule has 0 atom stereocenters. The van der Waals surface area contributed by atoms with Crippen LogP contribution in [0.2, 0.25) is 0 Å². The molecule has 1 aromatic carbocycles. The summed E-state index contributed by atoms with van der Waals surface area (Å²) >= 11 is 0. The van der Waals surface area contributed by atoms with Crippen LogP contribution in [0.4, 0.5) is 11.4 Å². The average molecular weight is 248 g/mol. The third-order valence-corrected chi connectivity index (χ3v) is 2.67. The highest BCUT2D eigenvalue weighted by molar-refractivity contribution is 5.68. The minimum absolute atomic E-state index is 0.579. The summed E-state index contributed by atoms with van der Waals surface area (Å²) in [5.41, 5.74) is 7.90. The fourth-order valence-corrected chi connectivity index (χ4v) is 1.53. The van der Waals surface area contributed by atoms with E-state index in [9.17, 15) is 0 Å². The van der Waals surface area contributed by atoms with Gasteiger partial charge in [0.25, 0.3) is 0 Å². The molecule has 0 saturated heterocycles. The molecule has 0 saturated carbocycles.